The lowest BCUT2D eigenvalue weighted by atomic mass is 9.92. The van der Waals surface area contributed by atoms with E-state index in [4.69, 9.17) is 5.73 Å². The minimum Gasteiger partial charge on any atom is -0.382 e. The summed E-state index contributed by atoms with van der Waals surface area (Å²) in [4.78, 5) is 0. The van der Waals surface area contributed by atoms with Gasteiger partial charge >= 0.3 is 0 Å². The SMILES string of the molecule is Cl.NC1CCC(Nc2ccc(I)cc2)CC1. The molecule has 1 aromatic rings. The van der Waals surface area contributed by atoms with Gasteiger partial charge in [-0.25, -0.2) is 0 Å². The Morgan fingerprint density at radius 1 is 1.06 bits per heavy atom. The highest BCUT2D eigenvalue weighted by atomic mass is 127. The molecule has 0 atom stereocenters. The van der Waals surface area contributed by atoms with E-state index in [1.807, 2.05) is 0 Å². The molecule has 0 bridgehead atoms. The van der Waals surface area contributed by atoms with Gasteiger partial charge < -0.3 is 11.1 Å². The predicted molar refractivity (Wildman–Crippen MR) is 80.3 cm³/mol. The molecule has 1 aromatic carbocycles. The van der Waals surface area contributed by atoms with Crippen LogP contribution in [0, 0.1) is 3.57 Å². The van der Waals surface area contributed by atoms with Gasteiger partial charge in [0.25, 0.3) is 0 Å². The molecule has 3 N–H and O–H groups in total. The summed E-state index contributed by atoms with van der Waals surface area (Å²) in [6.07, 6.45) is 4.71. The molecule has 0 heterocycles. The Hall–Kier alpha value is -0.000000000000000111. The van der Waals surface area contributed by atoms with Crippen molar-refractivity contribution in [3.63, 3.8) is 0 Å². The van der Waals surface area contributed by atoms with E-state index in [0.717, 1.165) is 12.8 Å². The summed E-state index contributed by atoms with van der Waals surface area (Å²) in [5.41, 5.74) is 7.11. The van der Waals surface area contributed by atoms with Crippen LogP contribution in [0.1, 0.15) is 25.7 Å². The Morgan fingerprint density at radius 3 is 2.19 bits per heavy atom. The van der Waals surface area contributed by atoms with Gasteiger partial charge in [0, 0.05) is 21.3 Å². The quantitative estimate of drug-likeness (QED) is 0.801. The summed E-state index contributed by atoms with van der Waals surface area (Å²) in [5.74, 6) is 0. The Balaban J connectivity index is 0.00000128. The monoisotopic (exact) mass is 352 g/mol. The molecule has 0 saturated heterocycles. The van der Waals surface area contributed by atoms with E-state index < -0.39 is 0 Å². The van der Waals surface area contributed by atoms with Crippen molar-refractivity contribution in [2.75, 3.05) is 5.32 Å². The average Bonchev–Trinajstić information content (AvgIpc) is 2.25. The van der Waals surface area contributed by atoms with Crippen LogP contribution >= 0.6 is 35.0 Å². The third-order valence-electron chi connectivity index (χ3n) is 2.99. The number of hydrogen-bond acceptors (Lipinski definition) is 2. The molecular formula is C12H18ClIN2. The van der Waals surface area contributed by atoms with Gasteiger partial charge in [0.1, 0.15) is 0 Å². The summed E-state index contributed by atoms with van der Waals surface area (Å²) in [5, 5.41) is 3.57. The lowest BCUT2D eigenvalue weighted by Crippen LogP contribution is -2.32. The van der Waals surface area contributed by atoms with Crippen molar-refractivity contribution in [3.8, 4) is 0 Å². The first-order valence-corrected chi connectivity index (χ1v) is 6.59. The number of nitrogens with one attached hydrogen (secondary N) is 1. The minimum absolute atomic E-state index is 0. The second kappa shape index (κ2) is 6.67. The highest BCUT2D eigenvalue weighted by molar-refractivity contribution is 14.1. The fourth-order valence-corrected chi connectivity index (χ4v) is 2.40. The van der Waals surface area contributed by atoms with Crippen LogP contribution in [0.5, 0.6) is 0 Å². The van der Waals surface area contributed by atoms with Crippen molar-refractivity contribution < 1.29 is 0 Å². The standard InChI is InChI=1S/C12H17IN2.ClH/c13-9-1-5-11(6-2-9)15-12-7-3-10(14)4-8-12;/h1-2,5-6,10,12,15H,3-4,7-8,14H2;1H. The molecular weight excluding hydrogens is 335 g/mol. The van der Waals surface area contributed by atoms with Gasteiger partial charge in [-0.3, -0.25) is 0 Å². The van der Waals surface area contributed by atoms with Crippen LogP contribution in [-0.4, -0.2) is 12.1 Å². The number of benzene rings is 1. The molecule has 0 unspecified atom stereocenters. The van der Waals surface area contributed by atoms with Crippen LogP contribution in [-0.2, 0) is 0 Å². The lowest BCUT2D eigenvalue weighted by molar-refractivity contribution is 0.411. The van der Waals surface area contributed by atoms with E-state index in [-0.39, 0.29) is 12.4 Å². The van der Waals surface area contributed by atoms with E-state index in [0.29, 0.717) is 12.1 Å². The lowest BCUT2D eigenvalue weighted by Gasteiger charge is -2.27. The molecule has 0 spiro atoms. The number of halogens is 2. The van der Waals surface area contributed by atoms with Crippen molar-refractivity contribution in [3.05, 3.63) is 27.8 Å². The first-order chi connectivity index (χ1) is 7.24. The second-order valence-corrected chi connectivity index (χ2v) is 5.51. The van der Waals surface area contributed by atoms with Crippen molar-refractivity contribution in [2.45, 2.75) is 37.8 Å². The van der Waals surface area contributed by atoms with Crippen molar-refractivity contribution >= 4 is 40.7 Å². The van der Waals surface area contributed by atoms with Gasteiger partial charge in [-0.1, -0.05) is 0 Å². The summed E-state index contributed by atoms with van der Waals surface area (Å²) in [6.45, 7) is 0. The zero-order valence-electron chi connectivity index (χ0n) is 9.16. The maximum atomic E-state index is 5.88. The third-order valence-corrected chi connectivity index (χ3v) is 3.71. The predicted octanol–water partition coefficient (Wildman–Crippen LogP) is 3.39. The molecule has 0 aromatic heterocycles. The van der Waals surface area contributed by atoms with Crippen LogP contribution in [0.2, 0.25) is 0 Å². The van der Waals surface area contributed by atoms with Gasteiger partial charge in [-0.2, -0.15) is 0 Å². The van der Waals surface area contributed by atoms with E-state index >= 15 is 0 Å². The fourth-order valence-electron chi connectivity index (χ4n) is 2.05. The summed E-state index contributed by atoms with van der Waals surface area (Å²) in [7, 11) is 0. The fraction of sp³-hybridized carbons (Fsp3) is 0.500. The molecule has 0 amide bonds. The highest BCUT2D eigenvalue weighted by Crippen LogP contribution is 2.21. The van der Waals surface area contributed by atoms with Crippen LogP contribution in [0.4, 0.5) is 5.69 Å². The Kier molecular flexibility index (Phi) is 5.86. The molecule has 1 saturated carbocycles. The van der Waals surface area contributed by atoms with Crippen molar-refractivity contribution in [2.24, 2.45) is 5.73 Å². The molecule has 90 valence electrons. The molecule has 0 radical (unpaired) electrons. The number of nitrogens with two attached hydrogens (primary N) is 1. The molecule has 4 heteroatoms. The first kappa shape index (κ1) is 14.1. The van der Waals surface area contributed by atoms with Gasteiger partial charge in [0.15, 0.2) is 0 Å². The largest absolute Gasteiger partial charge is 0.382 e. The smallest absolute Gasteiger partial charge is 0.0343 e. The molecule has 1 fully saturated rings. The maximum absolute atomic E-state index is 5.88. The molecule has 0 aliphatic heterocycles. The maximum Gasteiger partial charge on any atom is 0.0343 e. The van der Waals surface area contributed by atoms with Gasteiger partial charge in [-0.15, -0.1) is 12.4 Å². The van der Waals surface area contributed by atoms with E-state index in [1.165, 1.54) is 22.1 Å². The average molecular weight is 353 g/mol. The Labute approximate surface area is 117 Å². The normalized spacial score (nSPS) is 24.6. The molecule has 2 rings (SSSR count). The summed E-state index contributed by atoms with van der Waals surface area (Å²) < 4.78 is 1.28. The van der Waals surface area contributed by atoms with E-state index in [2.05, 4.69) is 52.2 Å². The first-order valence-electron chi connectivity index (χ1n) is 5.52. The third kappa shape index (κ3) is 4.11. The van der Waals surface area contributed by atoms with Crippen LogP contribution in [0.15, 0.2) is 24.3 Å². The van der Waals surface area contributed by atoms with Crippen LogP contribution < -0.4 is 11.1 Å². The number of anilines is 1. The Morgan fingerprint density at radius 2 is 1.62 bits per heavy atom. The molecule has 16 heavy (non-hydrogen) atoms. The zero-order valence-corrected chi connectivity index (χ0v) is 12.1. The minimum atomic E-state index is 0. The number of rotatable bonds is 2. The zero-order chi connectivity index (χ0) is 10.7. The van der Waals surface area contributed by atoms with Crippen LogP contribution in [0.25, 0.3) is 0 Å². The molecule has 2 nitrogen and oxygen atoms in total. The van der Waals surface area contributed by atoms with Crippen molar-refractivity contribution in [1.29, 1.82) is 0 Å². The molecule has 1 aliphatic rings. The van der Waals surface area contributed by atoms with Gasteiger partial charge in [-0.05, 0) is 72.5 Å². The van der Waals surface area contributed by atoms with E-state index in [9.17, 15) is 0 Å². The second-order valence-electron chi connectivity index (χ2n) is 4.26. The number of hydrogen-bond donors (Lipinski definition) is 2. The topological polar surface area (TPSA) is 38.0 Å². The molecule has 1 aliphatic carbocycles. The van der Waals surface area contributed by atoms with Crippen LogP contribution in [0.3, 0.4) is 0 Å². The van der Waals surface area contributed by atoms with Gasteiger partial charge in [0.05, 0.1) is 0 Å². The Bertz CT molecular complexity index is 307. The van der Waals surface area contributed by atoms with E-state index in [1.54, 1.807) is 0 Å². The van der Waals surface area contributed by atoms with Crippen molar-refractivity contribution in [1.82, 2.24) is 0 Å². The highest BCUT2D eigenvalue weighted by Gasteiger charge is 2.17. The summed E-state index contributed by atoms with van der Waals surface area (Å²) in [6, 6.07) is 9.62. The summed E-state index contributed by atoms with van der Waals surface area (Å²) >= 11 is 2.33. The van der Waals surface area contributed by atoms with Gasteiger partial charge in [0.2, 0.25) is 0 Å².